The fourth-order valence-electron chi connectivity index (χ4n) is 1.57. The van der Waals surface area contributed by atoms with E-state index >= 15 is 0 Å². The predicted molar refractivity (Wildman–Crippen MR) is 62.7 cm³/mol. The smallest absolute Gasteiger partial charge is 0.144 e. The van der Waals surface area contributed by atoms with E-state index in [0.29, 0.717) is 5.56 Å². The lowest BCUT2D eigenvalue weighted by atomic mass is 10.0. The summed E-state index contributed by atoms with van der Waals surface area (Å²) >= 11 is 5.76. The van der Waals surface area contributed by atoms with E-state index in [1.54, 1.807) is 13.0 Å². The first-order chi connectivity index (χ1) is 7.00. The zero-order valence-electron chi connectivity index (χ0n) is 9.19. The van der Waals surface area contributed by atoms with Gasteiger partial charge in [-0.3, -0.25) is 0 Å². The van der Waals surface area contributed by atoms with Crippen LogP contribution in [0.25, 0.3) is 0 Å². The molecular weight excluding hydrogens is 213 g/mol. The number of hydrogen-bond acceptors (Lipinski definition) is 1. The second-order valence-electron chi connectivity index (χ2n) is 4.08. The minimum absolute atomic E-state index is 0.214. The maximum Gasteiger partial charge on any atom is 0.144 e. The standard InChI is InChI=1S/C12H17ClFN/c1-8-6-10(5-3-4-9(2)15)7-11(13)12(8)14/h6-7,9H,3-5,15H2,1-2H3. The first kappa shape index (κ1) is 12.5. The molecule has 84 valence electrons. The van der Waals surface area contributed by atoms with Crippen LogP contribution in [0.1, 0.15) is 30.9 Å². The normalized spacial score (nSPS) is 12.9. The lowest BCUT2D eigenvalue weighted by Crippen LogP contribution is -2.14. The summed E-state index contributed by atoms with van der Waals surface area (Å²) in [6, 6.07) is 3.77. The van der Waals surface area contributed by atoms with Crippen molar-refractivity contribution in [3.05, 3.63) is 34.1 Å². The molecule has 0 bridgehead atoms. The summed E-state index contributed by atoms with van der Waals surface area (Å²) in [5.74, 6) is -0.312. The molecule has 1 nitrogen and oxygen atoms in total. The molecule has 1 unspecified atom stereocenters. The van der Waals surface area contributed by atoms with Crippen molar-refractivity contribution in [1.82, 2.24) is 0 Å². The van der Waals surface area contributed by atoms with Gasteiger partial charge in [-0.2, -0.15) is 0 Å². The number of rotatable bonds is 4. The van der Waals surface area contributed by atoms with Gasteiger partial charge < -0.3 is 5.73 Å². The Bertz CT molecular complexity index is 313. The number of benzene rings is 1. The number of aryl methyl sites for hydroxylation is 2. The molecule has 0 aliphatic heterocycles. The third kappa shape index (κ3) is 3.80. The van der Waals surface area contributed by atoms with E-state index in [0.717, 1.165) is 24.8 Å². The van der Waals surface area contributed by atoms with Crippen LogP contribution in [-0.4, -0.2) is 6.04 Å². The molecule has 3 heteroatoms. The van der Waals surface area contributed by atoms with E-state index in [4.69, 9.17) is 17.3 Å². The SMILES string of the molecule is Cc1cc(CCCC(C)N)cc(Cl)c1F. The van der Waals surface area contributed by atoms with Gasteiger partial charge in [-0.1, -0.05) is 17.7 Å². The summed E-state index contributed by atoms with van der Waals surface area (Å²) in [6.07, 6.45) is 2.90. The van der Waals surface area contributed by atoms with Crippen LogP contribution in [0.15, 0.2) is 12.1 Å². The van der Waals surface area contributed by atoms with Crippen molar-refractivity contribution in [1.29, 1.82) is 0 Å². The molecule has 0 radical (unpaired) electrons. The fourth-order valence-corrected chi connectivity index (χ4v) is 1.86. The van der Waals surface area contributed by atoms with Crippen molar-refractivity contribution in [2.45, 2.75) is 39.2 Å². The van der Waals surface area contributed by atoms with Gasteiger partial charge >= 0.3 is 0 Å². The van der Waals surface area contributed by atoms with Gasteiger partial charge in [0, 0.05) is 6.04 Å². The Hall–Kier alpha value is -0.600. The molecule has 0 aromatic heterocycles. The molecule has 0 amide bonds. The van der Waals surface area contributed by atoms with Crippen molar-refractivity contribution in [3.8, 4) is 0 Å². The lowest BCUT2D eigenvalue weighted by molar-refractivity contribution is 0.611. The average Bonchev–Trinajstić information content (AvgIpc) is 2.13. The summed E-state index contributed by atoms with van der Waals surface area (Å²) in [4.78, 5) is 0. The van der Waals surface area contributed by atoms with Crippen LogP contribution in [-0.2, 0) is 6.42 Å². The van der Waals surface area contributed by atoms with Gasteiger partial charge in [0.25, 0.3) is 0 Å². The molecule has 0 spiro atoms. The minimum atomic E-state index is -0.312. The highest BCUT2D eigenvalue weighted by Crippen LogP contribution is 2.21. The monoisotopic (exact) mass is 229 g/mol. The van der Waals surface area contributed by atoms with Crippen molar-refractivity contribution in [3.63, 3.8) is 0 Å². The van der Waals surface area contributed by atoms with E-state index in [1.807, 2.05) is 13.0 Å². The second-order valence-corrected chi connectivity index (χ2v) is 4.49. The van der Waals surface area contributed by atoms with Crippen LogP contribution in [0.5, 0.6) is 0 Å². The van der Waals surface area contributed by atoms with Gasteiger partial charge in [0.1, 0.15) is 5.82 Å². The topological polar surface area (TPSA) is 26.0 Å². The molecule has 2 N–H and O–H groups in total. The molecule has 0 heterocycles. The molecule has 0 aliphatic rings. The quantitative estimate of drug-likeness (QED) is 0.841. The highest BCUT2D eigenvalue weighted by Gasteiger charge is 2.05. The van der Waals surface area contributed by atoms with Crippen molar-refractivity contribution < 1.29 is 4.39 Å². The third-order valence-electron chi connectivity index (χ3n) is 2.39. The molecule has 1 aromatic carbocycles. The summed E-state index contributed by atoms with van der Waals surface area (Å²) < 4.78 is 13.2. The summed E-state index contributed by atoms with van der Waals surface area (Å²) in [6.45, 7) is 3.72. The van der Waals surface area contributed by atoms with Crippen LogP contribution >= 0.6 is 11.6 Å². The number of hydrogen-bond donors (Lipinski definition) is 1. The Morgan fingerprint density at radius 1 is 1.47 bits per heavy atom. The average molecular weight is 230 g/mol. The summed E-state index contributed by atoms with van der Waals surface area (Å²) in [5, 5.41) is 0.214. The maximum atomic E-state index is 13.2. The highest BCUT2D eigenvalue weighted by atomic mass is 35.5. The summed E-state index contributed by atoms with van der Waals surface area (Å²) in [7, 11) is 0. The molecule has 1 atom stereocenters. The molecule has 0 aliphatic carbocycles. The zero-order valence-corrected chi connectivity index (χ0v) is 9.94. The van der Waals surface area contributed by atoms with E-state index in [2.05, 4.69) is 0 Å². The van der Waals surface area contributed by atoms with Crippen LogP contribution in [0.4, 0.5) is 4.39 Å². The zero-order chi connectivity index (χ0) is 11.4. The summed E-state index contributed by atoms with van der Waals surface area (Å²) in [5.41, 5.74) is 7.35. The first-order valence-electron chi connectivity index (χ1n) is 5.21. The van der Waals surface area contributed by atoms with Gasteiger partial charge in [-0.25, -0.2) is 4.39 Å². The molecule has 0 fully saturated rings. The van der Waals surface area contributed by atoms with Gasteiger partial charge in [0.2, 0.25) is 0 Å². The van der Waals surface area contributed by atoms with Gasteiger partial charge in [-0.15, -0.1) is 0 Å². The fraction of sp³-hybridized carbons (Fsp3) is 0.500. The van der Waals surface area contributed by atoms with Crippen molar-refractivity contribution >= 4 is 11.6 Å². The molecule has 1 rings (SSSR count). The Balaban J connectivity index is 2.63. The van der Waals surface area contributed by atoms with Gasteiger partial charge in [0.15, 0.2) is 0 Å². The maximum absolute atomic E-state index is 13.2. The van der Waals surface area contributed by atoms with Crippen LogP contribution in [0.3, 0.4) is 0 Å². The van der Waals surface area contributed by atoms with Crippen LogP contribution in [0.2, 0.25) is 5.02 Å². The van der Waals surface area contributed by atoms with Crippen LogP contribution < -0.4 is 5.73 Å². The van der Waals surface area contributed by atoms with E-state index in [9.17, 15) is 4.39 Å². The number of nitrogens with two attached hydrogens (primary N) is 1. The molecule has 1 aromatic rings. The van der Waals surface area contributed by atoms with Crippen LogP contribution in [0, 0.1) is 12.7 Å². The molecule has 0 saturated carbocycles. The minimum Gasteiger partial charge on any atom is -0.328 e. The predicted octanol–water partition coefficient (Wildman–Crippen LogP) is 3.46. The van der Waals surface area contributed by atoms with Gasteiger partial charge in [0.05, 0.1) is 5.02 Å². The van der Waals surface area contributed by atoms with Crippen molar-refractivity contribution in [2.75, 3.05) is 0 Å². The van der Waals surface area contributed by atoms with E-state index < -0.39 is 0 Å². The van der Waals surface area contributed by atoms with E-state index in [1.165, 1.54) is 0 Å². The third-order valence-corrected chi connectivity index (χ3v) is 2.67. The molecule has 15 heavy (non-hydrogen) atoms. The molecular formula is C12H17ClFN. The largest absolute Gasteiger partial charge is 0.328 e. The van der Waals surface area contributed by atoms with E-state index in [-0.39, 0.29) is 16.9 Å². The Labute approximate surface area is 95.4 Å². The van der Waals surface area contributed by atoms with Crippen molar-refractivity contribution in [2.24, 2.45) is 5.73 Å². The molecule has 0 saturated heterocycles. The number of halogens is 2. The highest BCUT2D eigenvalue weighted by molar-refractivity contribution is 6.30. The Kier molecular flexibility index (Phi) is 4.55. The lowest BCUT2D eigenvalue weighted by Gasteiger charge is -2.07. The Morgan fingerprint density at radius 2 is 2.13 bits per heavy atom. The second kappa shape index (κ2) is 5.47. The first-order valence-corrected chi connectivity index (χ1v) is 5.58. The van der Waals surface area contributed by atoms with Gasteiger partial charge in [-0.05, 0) is 50.3 Å². The Morgan fingerprint density at radius 3 is 2.67 bits per heavy atom.